The van der Waals surface area contributed by atoms with Gasteiger partial charge in [0.2, 0.25) is 0 Å². The van der Waals surface area contributed by atoms with Gasteiger partial charge < -0.3 is 9.47 Å². The molecule has 0 saturated carbocycles. The summed E-state index contributed by atoms with van der Waals surface area (Å²) in [6.45, 7) is 4.56. The number of aromatic nitrogens is 1. The summed E-state index contributed by atoms with van der Waals surface area (Å²) < 4.78 is 10.8. The fourth-order valence-corrected chi connectivity index (χ4v) is 3.07. The molecule has 0 radical (unpaired) electrons. The lowest BCUT2D eigenvalue weighted by atomic mass is 10.1. The molecule has 0 atom stereocenters. The molecule has 3 aromatic rings. The number of carbonyl (C=O) groups is 1. The van der Waals surface area contributed by atoms with Crippen molar-refractivity contribution in [2.45, 2.75) is 26.7 Å². The van der Waals surface area contributed by atoms with E-state index in [2.05, 4.69) is 22.4 Å². The van der Waals surface area contributed by atoms with Crippen molar-refractivity contribution in [1.29, 1.82) is 0 Å². The van der Waals surface area contributed by atoms with Crippen LogP contribution in [0, 0.1) is 0 Å². The zero-order valence-electron chi connectivity index (χ0n) is 16.9. The number of para-hydroxylation sites is 1. The van der Waals surface area contributed by atoms with Gasteiger partial charge in [0, 0.05) is 11.1 Å². The summed E-state index contributed by atoms with van der Waals surface area (Å²) in [5.74, 6) is 1.02. The fraction of sp³-hybridized carbons (Fsp3) is 0.261. The van der Waals surface area contributed by atoms with Crippen LogP contribution in [0.15, 0.2) is 53.6 Å². The SMILES string of the molecule is CCCc1cc(C(=O)NN=Cc2ccc(OCC)c(OC)c2)c2ccccc2n1. The minimum absolute atomic E-state index is 0.268. The third-order valence-corrected chi connectivity index (χ3v) is 4.39. The van der Waals surface area contributed by atoms with Crippen molar-refractivity contribution in [3.63, 3.8) is 0 Å². The summed E-state index contributed by atoms with van der Waals surface area (Å²) in [6.07, 6.45) is 3.36. The maximum absolute atomic E-state index is 12.8. The topological polar surface area (TPSA) is 72.8 Å². The number of aryl methyl sites for hydroxylation is 1. The zero-order chi connectivity index (χ0) is 20.6. The first-order valence-electron chi connectivity index (χ1n) is 9.69. The Hall–Kier alpha value is -3.41. The summed E-state index contributed by atoms with van der Waals surface area (Å²) in [5, 5.41) is 4.92. The fourth-order valence-electron chi connectivity index (χ4n) is 3.07. The number of pyridine rings is 1. The molecule has 1 amide bonds. The number of fused-ring (bicyclic) bond motifs is 1. The molecule has 0 bridgehead atoms. The van der Waals surface area contributed by atoms with E-state index in [9.17, 15) is 4.79 Å². The van der Waals surface area contributed by atoms with Gasteiger partial charge in [-0.3, -0.25) is 9.78 Å². The van der Waals surface area contributed by atoms with Crippen LogP contribution in [0.1, 0.15) is 41.9 Å². The van der Waals surface area contributed by atoms with Crippen LogP contribution in [-0.4, -0.2) is 30.8 Å². The quantitative estimate of drug-likeness (QED) is 0.457. The molecular formula is C23H25N3O3. The number of benzene rings is 2. The Balaban J connectivity index is 1.80. The van der Waals surface area contributed by atoms with Gasteiger partial charge >= 0.3 is 0 Å². The van der Waals surface area contributed by atoms with E-state index in [-0.39, 0.29) is 5.91 Å². The second-order valence-corrected chi connectivity index (χ2v) is 6.47. The Bertz CT molecular complexity index is 1030. The van der Waals surface area contributed by atoms with Gasteiger partial charge in [0.05, 0.1) is 31.0 Å². The lowest BCUT2D eigenvalue weighted by Crippen LogP contribution is -2.18. The van der Waals surface area contributed by atoms with E-state index in [1.807, 2.05) is 55.5 Å². The Morgan fingerprint density at radius 3 is 2.72 bits per heavy atom. The average molecular weight is 391 g/mol. The van der Waals surface area contributed by atoms with Crippen LogP contribution < -0.4 is 14.9 Å². The molecule has 150 valence electrons. The number of hydrazone groups is 1. The highest BCUT2D eigenvalue weighted by atomic mass is 16.5. The number of nitrogens with one attached hydrogen (secondary N) is 1. The third-order valence-electron chi connectivity index (χ3n) is 4.39. The van der Waals surface area contributed by atoms with Crippen molar-refractivity contribution in [3.05, 3.63) is 65.4 Å². The first-order chi connectivity index (χ1) is 14.2. The van der Waals surface area contributed by atoms with Crippen LogP contribution in [-0.2, 0) is 6.42 Å². The number of nitrogens with zero attached hydrogens (tertiary/aromatic N) is 2. The van der Waals surface area contributed by atoms with Gasteiger partial charge in [-0.15, -0.1) is 0 Å². The summed E-state index contributed by atoms with van der Waals surface area (Å²) in [6, 6.07) is 15.0. The van der Waals surface area contributed by atoms with Crippen LogP contribution in [0.2, 0.25) is 0 Å². The highest BCUT2D eigenvalue weighted by Crippen LogP contribution is 2.27. The van der Waals surface area contributed by atoms with Gasteiger partial charge in [0.25, 0.3) is 5.91 Å². The van der Waals surface area contributed by atoms with Crippen LogP contribution in [0.3, 0.4) is 0 Å². The Labute approximate surface area is 170 Å². The molecule has 0 unspecified atom stereocenters. The molecular weight excluding hydrogens is 366 g/mol. The van der Waals surface area contributed by atoms with E-state index in [0.717, 1.165) is 35.0 Å². The number of hydrogen-bond acceptors (Lipinski definition) is 5. The second-order valence-electron chi connectivity index (χ2n) is 6.47. The van der Waals surface area contributed by atoms with Gasteiger partial charge in [-0.25, -0.2) is 5.43 Å². The molecule has 0 spiro atoms. The van der Waals surface area contributed by atoms with Gasteiger partial charge in [0.1, 0.15) is 0 Å². The number of amides is 1. The van der Waals surface area contributed by atoms with Crippen LogP contribution in [0.5, 0.6) is 11.5 Å². The summed E-state index contributed by atoms with van der Waals surface area (Å²) in [7, 11) is 1.59. The van der Waals surface area contributed by atoms with Crippen LogP contribution in [0.25, 0.3) is 10.9 Å². The first-order valence-corrected chi connectivity index (χ1v) is 9.69. The standard InChI is InChI=1S/C23H25N3O3/c1-4-8-17-14-19(18-9-6-7-10-20(18)25-17)23(27)26-24-15-16-11-12-21(29-5-2)22(13-16)28-3/h6-7,9-15H,4-5,8H2,1-3H3,(H,26,27). The number of carbonyl (C=O) groups excluding carboxylic acids is 1. The first kappa shape index (κ1) is 20.3. The molecule has 0 aliphatic rings. The van der Waals surface area contributed by atoms with E-state index in [1.165, 1.54) is 0 Å². The highest BCUT2D eigenvalue weighted by Gasteiger charge is 2.12. The van der Waals surface area contributed by atoms with Crippen LogP contribution in [0.4, 0.5) is 0 Å². The molecule has 0 fully saturated rings. The molecule has 1 heterocycles. The lowest BCUT2D eigenvalue weighted by molar-refractivity contribution is 0.0956. The van der Waals surface area contributed by atoms with E-state index >= 15 is 0 Å². The maximum Gasteiger partial charge on any atom is 0.272 e. The summed E-state index contributed by atoms with van der Waals surface area (Å²) >= 11 is 0. The lowest BCUT2D eigenvalue weighted by Gasteiger charge is -2.09. The third kappa shape index (κ3) is 4.90. The Morgan fingerprint density at radius 2 is 1.97 bits per heavy atom. The predicted octanol–water partition coefficient (Wildman–Crippen LogP) is 4.36. The molecule has 29 heavy (non-hydrogen) atoms. The maximum atomic E-state index is 12.8. The average Bonchev–Trinajstić information content (AvgIpc) is 2.74. The largest absolute Gasteiger partial charge is 0.493 e. The van der Waals surface area contributed by atoms with E-state index in [1.54, 1.807) is 13.3 Å². The molecule has 3 rings (SSSR count). The Morgan fingerprint density at radius 1 is 1.14 bits per heavy atom. The number of hydrogen-bond donors (Lipinski definition) is 1. The predicted molar refractivity (Wildman–Crippen MR) is 115 cm³/mol. The second kappa shape index (κ2) is 9.68. The molecule has 1 N–H and O–H groups in total. The molecule has 2 aromatic carbocycles. The number of rotatable bonds is 8. The van der Waals surface area contributed by atoms with Crippen molar-refractivity contribution in [2.24, 2.45) is 5.10 Å². The minimum Gasteiger partial charge on any atom is -0.493 e. The highest BCUT2D eigenvalue weighted by molar-refractivity contribution is 6.06. The van der Waals surface area contributed by atoms with E-state index < -0.39 is 0 Å². The van der Waals surface area contributed by atoms with E-state index in [4.69, 9.17) is 9.47 Å². The molecule has 0 saturated heterocycles. The van der Waals surface area contributed by atoms with Gasteiger partial charge in [-0.05, 0) is 49.2 Å². The molecule has 6 nitrogen and oxygen atoms in total. The molecule has 6 heteroatoms. The van der Waals surface area contributed by atoms with Gasteiger partial charge in [0.15, 0.2) is 11.5 Å². The van der Waals surface area contributed by atoms with Crippen molar-refractivity contribution in [2.75, 3.05) is 13.7 Å². The molecule has 1 aromatic heterocycles. The number of ether oxygens (including phenoxy) is 2. The van der Waals surface area contributed by atoms with Gasteiger partial charge in [-0.1, -0.05) is 31.5 Å². The Kier molecular flexibility index (Phi) is 6.79. The zero-order valence-corrected chi connectivity index (χ0v) is 16.9. The number of methoxy groups -OCH3 is 1. The normalized spacial score (nSPS) is 11.0. The van der Waals surface area contributed by atoms with E-state index in [0.29, 0.717) is 23.7 Å². The van der Waals surface area contributed by atoms with Crippen molar-refractivity contribution >= 4 is 23.0 Å². The minimum atomic E-state index is -0.268. The summed E-state index contributed by atoms with van der Waals surface area (Å²) in [5.41, 5.74) is 5.68. The smallest absolute Gasteiger partial charge is 0.272 e. The molecule has 0 aliphatic carbocycles. The van der Waals surface area contributed by atoms with Crippen molar-refractivity contribution < 1.29 is 14.3 Å². The van der Waals surface area contributed by atoms with Crippen LogP contribution >= 0.6 is 0 Å². The van der Waals surface area contributed by atoms with Gasteiger partial charge in [-0.2, -0.15) is 5.10 Å². The molecule has 0 aliphatic heterocycles. The monoisotopic (exact) mass is 391 g/mol. The van der Waals surface area contributed by atoms with Crippen molar-refractivity contribution in [1.82, 2.24) is 10.4 Å². The summed E-state index contributed by atoms with van der Waals surface area (Å²) in [4.78, 5) is 17.4. The van der Waals surface area contributed by atoms with Crippen molar-refractivity contribution in [3.8, 4) is 11.5 Å².